The van der Waals surface area contributed by atoms with Gasteiger partial charge in [0.2, 0.25) is 0 Å². The average molecular weight is 212 g/mol. The van der Waals surface area contributed by atoms with Crippen LogP contribution in [0.2, 0.25) is 5.02 Å². The lowest BCUT2D eigenvalue weighted by Gasteiger charge is -2.07. The zero-order chi connectivity index (χ0) is 10.4. The van der Waals surface area contributed by atoms with E-state index in [4.69, 9.17) is 11.6 Å². The van der Waals surface area contributed by atoms with Crippen molar-refractivity contribution >= 4 is 11.6 Å². The fourth-order valence-electron chi connectivity index (χ4n) is 1.27. The SMILES string of the molecule is CC(C)CCNCc1cccc(Cl)c1. The molecule has 1 N–H and O–H groups in total. The Morgan fingerprint density at radius 1 is 1.36 bits per heavy atom. The number of nitrogens with one attached hydrogen (secondary N) is 1. The van der Waals surface area contributed by atoms with Crippen LogP contribution in [0, 0.1) is 5.92 Å². The van der Waals surface area contributed by atoms with Crippen LogP contribution in [-0.2, 0) is 6.54 Å². The van der Waals surface area contributed by atoms with E-state index in [0.717, 1.165) is 24.0 Å². The Balaban J connectivity index is 2.25. The van der Waals surface area contributed by atoms with E-state index < -0.39 is 0 Å². The van der Waals surface area contributed by atoms with Crippen molar-refractivity contribution in [3.05, 3.63) is 34.9 Å². The Hall–Kier alpha value is -0.530. The third-order valence-electron chi connectivity index (χ3n) is 2.12. The predicted molar refractivity (Wildman–Crippen MR) is 62.6 cm³/mol. The Kier molecular flexibility index (Phi) is 4.99. The lowest BCUT2D eigenvalue weighted by Crippen LogP contribution is -2.16. The number of benzene rings is 1. The van der Waals surface area contributed by atoms with E-state index in [1.165, 1.54) is 12.0 Å². The molecular formula is C12H18ClN. The molecule has 0 aliphatic carbocycles. The third-order valence-corrected chi connectivity index (χ3v) is 2.35. The summed E-state index contributed by atoms with van der Waals surface area (Å²) in [7, 11) is 0. The van der Waals surface area contributed by atoms with E-state index in [2.05, 4.69) is 25.2 Å². The Morgan fingerprint density at radius 2 is 2.14 bits per heavy atom. The third kappa shape index (κ3) is 4.64. The Labute approximate surface area is 91.5 Å². The summed E-state index contributed by atoms with van der Waals surface area (Å²) < 4.78 is 0. The average Bonchev–Trinajstić information content (AvgIpc) is 2.12. The van der Waals surface area contributed by atoms with Crippen LogP contribution in [0.3, 0.4) is 0 Å². The summed E-state index contributed by atoms with van der Waals surface area (Å²) in [6, 6.07) is 7.99. The van der Waals surface area contributed by atoms with E-state index in [1.54, 1.807) is 0 Å². The second-order valence-corrected chi connectivity index (χ2v) is 4.43. The van der Waals surface area contributed by atoms with Crippen LogP contribution in [-0.4, -0.2) is 6.54 Å². The lowest BCUT2D eigenvalue weighted by molar-refractivity contribution is 0.537. The highest BCUT2D eigenvalue weighted by Crippen LogP contribution is 2.10. The second-order valence-electron chi connectivity index (χ2n) is 3.99. The van der Waals surface area contributed by atoms with Crippen molar-refractivity contribution in [2.24, 2.45) is 5.92 Å². The summed E-state index contributed by atoms with van der Waals surface area (Å²) in [6.07, 6.45) is 1.22. The molecule has 2 heteroatoms. The van der Waals surface area contributed by atoms with Crippen LogP contribution in [0.15, 0.2) is 24.3 Å². The first kappa shape index (κ1) is 11.5. The molecule has 0 unspecified atom stereocenters. The summed E-state index contributed by atoms with van der Waals surface area (Å²) in [6.45, 7) is 6.46. The fourth-order valence-corrected chi connectivity index (χ4v) is 1.48. The molecule has 0 fully saturated rings. The maximum absolute atomic E-state index is 5.88. The summed E-state index contributed by atoms with van der Waals surface area (Å²) in [4.78, 5) is 0. The molecule has 0 aliphatic rings. The Bertz CT molecular complexity index is 271. The highest BCUT2D eigenvalue weighted by atomic mass is 35.5. The van der Waals surface area contributed by atoms with Crippen molar-refractivity contribution < 1.29 is 0 Å². The van der Waals surface area contributed by atoms with E-state index in [0.29, 0.717) is 0 Å². The first-order valence-electron chi connectivity index (χ1n) is 5.13. The largest absolute Gasteiger partial charge is 0.313 e. The van der Waals surface area contributed by atoms with Crippen LogP contribution in [0.1, 0.15) is 25.8 Å². The van der Waals surface area contributed by atoms with Crippen molar-refractivity contribution in [3.8, 4) is 0 Å². The molecule has 0 amide bonds. The second kappa shape index (κ2) is 6.05. The van der Waals surface area contributed by atoms with Gasteiger partial charge < -0.3 is 5.32 Å². The van der Waals surface area contributed by atoms with Gasteiger partial charge in [-0.1, -0.05) is 37.6 Å². The smallest absolute Gasteiger partial charge is 0.0409 e. The van der Waals surface area contributed by atoms with Crippen molar-refractivity contribution in [2.45, 2.75) is 26.8 Å². The summed E-state index contributed by atoms with van der Waals surface area (Å²) in [5.41, 5.74) is 1.25. The summed E-state index contributed by atoms with van der Waals surface area (Å²) in [5, 5.41) is 4.21. The molecule has 0 spiro atoms. The summed E-state index contributed by atoms with van der Waals surface area (Å²) >= 11 is 5.88. The molecule has 1 rings (SSSR count). The molecule has 0 bridgehead atoms. The highest BCUT2D eigenvalue weighted by molar-refractivity contribution is 6.30. The Morgan fingerprint density at radius 3 is 2.79 bits per heavy atom. The van der Waals surface area contributed by atoms with E-state index in [9.17, 15) is 0 Å². The lowest BCUT2D eigenvalue weighted by atomic mass is 10.1. The molecule has 0 aromatic heterocycles. The van der Waals surface area contributed by atoms with Gasteiger partial charge in [-0.15, -0.1) is 0 Å². The molecule has 1 aromatic carbocycles. The van der Waals surface area contributed by atoms with Gasteiger partial charge in [-0.05, 0) is 36.6 Å². The van der Waals surface area contributed by atoms with Crippen LogP contribution in [0.25, 0.3) is 0 Å². The molecule has 0 aliphatic heterocycles. The standard InChI is InChI=1S/C12H18ClN/c1-10(2)6-7-14-9-11-4-3-5-12(13)8-11/h3-5,8,10,14H,6-7,9H2,1-2H3. The number of hydrogen-bond donors (Lipinski definition) is 1. The summed E-state index contributed by atoms with van der Waals surface area (Å²) in [5.74, 6) is 0.766. The topological polar surface area (TPSA) is 12.0 Å². The minimum Gasteiger partial charge on any atom is -0.313 e. The van der Waals surface area contributed by atoms with Crippen LogP contribution in [0.4, 0.5) is 0 Å². The van der Waals surface area contributed by atoms with Gasteiger partial charge in [0.05, 0.1) is 0 Å². The molecule has 0 saturated heterocycles. The monoisotopic (exact) mass is 211 g/mol. The molecule has 0 radical (unpaired) electrons. The number of halogens is 1. The highest BCUT2D eigenvalue weighted by Gasteiger charge is 1.95. The van der Waals surface area contributed by atoms with Gasteiger partial charge in [0.25, 0.3) is 0 Å². The van der Waals surface area contributed by atoms with Gasteiger partial charge in [-0.2, -0.15) is 0 Å². The van der Waals surface area contributed by atoms with Crippen LogP contribution in [0.5, 0.6) is 0 Å². The van der Waals surface area contributed by atoms with Gasteiger partial charge >= 0.3 is 0 Å². The van der Waals surface area contributed by atoms with Gasteiger partial charge in [0.15, 0.2) is 0 Å². The van der Waals surface area contributed by atoms with Crippen LogP contribution >= 0.6 is 11.6 Å². The number of hydrogen-bond acceptors (Lipinski definition) is 1. The first-order valence-corrected chi connectivity index (χ1v) is 5.51. The van der Waals surface area contributed by atoms with Gasteiger partial charge in [-0.25, -0.2) is 0 Å². The fraction of sp³-hybridized carbons (Fsp3) is 0.500. The molecule has 14 heavy (non-hydrogen) atoms. The molecule has 1 nitrogen and oxygen atoms in total. The predicted octanol–water partition coefficient (Wildman–Crippen LogP) is 3.48. The van der Waals surface area contributed by atoms with Crippen molar-refractivity contribution in [3.63, 3.8) is 0 Å². The molecule has 0 saturated carbocycles. The maximum Gasteiger partial charge on any atom is 0.0409 e. The van der Waals surface area contributed by atoms with Gasteiger partial charge in [0, 0.05) is 11.6 Å². The normalized spacial score (nSPS) is 10.9. The van der Waals surface area contributed by atoms with E-state index in [1.807, 2.05) is 18.2 Å². The molecule has 1 aromatic rings. The molecular weight excluding hydrogens is 194 g/mol. The van der Waals surface area contributed by atoms with Crippen molar-refractivity contribution in [1.29, 1.82) is 0 Å². The van der Waals surface area contributed by atoms with Crippen molar-refractivity contribution in [2.75, 3.05) is 6.54 Å². The van der Waals surface area contributed by atoms with Gasteiger partial charge in [-0.3, -0.25) is 0 Å². The molecule has 78 valence electrons. The van der Waals surface area contributed by atoms with Crippen LogP contribution < -0.4 is 5.32 Å². The first-order chi connectivity index (χ1) is 6.68. The minimum atomic E-state index is 0.766. The van der Waals surface area contributed by atoms with E-state index >= 15 is 0 Å². The quantitative estimate of drug-likeness (QED) is 0.736. The van der Waals surface area contributed by atoms with E-state index in [-0.39, 0.29) is 0 Å². The van der Waals surface area contributed by atoms with Crippen molar-refractivity contribution in [1.82, 2.24) is 5.32 Å². The zero-order valence-electron chi connectivity index (χ0n) is 8.89. The maximum atomic E-state index is 5.88. The molecule has 0 heterocycles. The minimum absolute atomic E-state index is 0.766. The molecule has 0 atom stereocenters. The zero-order valence-corrected chi connectivity index (χ0v) is 9.64. The number of rotatable bonds is 5. The van der Waals surface area contributed by atoms with Gasteiger partial charge in [0.1, 0.15) is 0 Å².